The first-order valence-electron chi connectivity index (χ1n) is 6.95. The summed E-state index contributed by atoms with van der Waals surface area (Å²) < 4.78 is 5.64. The van der Waals surface area contributed by atoms with Crippen molar-refractivity contribution >= 4 is 29.2 Å². The molecular weight excluding hydrogens is 313 g/mol. The average molecular weight is 334 g/mol. The number of carboxylic acid groups (broad SMARTS) is 1. The van der Waals surface area contributed by atoms with Gasteiger partial charge >= 0.3 is 5.97 Å². The van der Waals surface area contributed by atoms with Crippen LogP contribution < -0.4 is 10.1 Å². The van der Waals surface area contributed by atoms with Crippen molar-refractivity contribution in [2.75, 3.05) is 0 Å². The third-order valence-electron chi connectivity index (χ3n) is 2.87. The number of benzene rings is 1. The molecule has 1 aromatic carbocycles. The molecule has 1 unspecified atom stereocenters. The Morgan fingerprint density at radius 1 is 1.38 bits per heavy atom. The Kier molecular flexibility index (Phi) is 7.29. The first-order chi connectivity index (χ1) is 9.85. The van der Waals surface area contributed by atoms with Gasteiger partial charge in [0.05, 0.1) is 5.02 Å². The van der Waals surface area contributed by atoms with E-state index < -0.39 is 12.1 Å². The Morgan fingerprint density at radius 2 is 2.05 bits per heavy atom. The molecule has 0 heterocycles. The van der Waals surface area contributed by atoms with E-state index in [1.807, 2.05) is 20.8 Å². The molecule has 0 saturated carbocycles. The van der Waals surface area contributed by atoms with E-state index in [1.165, 1.54) is 0 Å². The topological polar surface area (TPSA) is 58.6 Å². The highest BCUT2D eigenvalue weighted by atomic mass is 35.5. The Morgan fingerprint density at radius 3 is 2.57 bits per heavy atom. The van der Waals surface area contributed by atoms with Gasteiger partial charge in [0.25, 0.3) is 0 Å². The van der Waals surface area contributed by atoms with Crippen LogP contribution in [0.25, 0.3) is 0 Å². The zero-order chi connectivity index (χ0) is 16.0. The highest BCUT2D eigenvalue weighted by Crippen LogP contribution is 2.33. The fraction of sp³-hybridized carbons (Fsp3) is 0.533. The van der Waals surface area contributed by atoms with Crippen LogP contribution in [0.4, 0.5) is 0 Å². The highest BCUT2D eigenvalue weighted by molar-refractivity contribution is 6.35. The second-order valence-corrected chi connectivity index (χ2v) is 5.99. The number of halogens is 2. The summed E-state index contributed by atoms with van der Waals surface area (Å²) >= 11 is 12.2. The predicted molar refractivity (Wildman–Crippen MR) is 85.4 cm³/mol. The van der Waals surface area contributed by atoms with Crippen molar-refractivity contribution in [1.29, 1.82) is 0 Å². The summed E-state index contributed by atoms with van der Waals surface area (Å²) in [5, 5.41) is 13.3. The normalized spacial score (nSPS) is 12.5. The van der Waals surface area contributed by atoms with Gasteiger partial charge in [-0.05, 0) is 18.6 Å². The molecule has 1 atom stereocenters. The number of carbonyl (C=O) groups is 1. The van der Waals surface area contributed by atoms with Crippen LogP contribution in [0.2, 0.25) is 10.0 Å². The Bertz CT molecular complexity index is 492. The summed E-state index contributed by atoms with van der Waals surface area (Å²) in [5.74, 6) is -0.610. The van der Waals surface area contributed by atoms with Crippen LogP contribution in [-0.2, 0) is 11.3 Å². The zero-order valence-electron chi connectivity index (χ0n) is 12.5. The van der Waals surface area contributed by atoms with Crippen LogP contribution in [-0.4, -0.2) is 23.2 Å². The van der Waals surface area contributed by atoms with Crippen LogP contribution in [0.15, 0.2) is 12.1 Å². The van der Waals surface area contributed by atoms with E-state index in [0.29, 0.717) is 35.2 Å². The van der Waals surface area contributed by atoms with Gasteiger partial charge in [-0.15, -0.1) is 0 Å². The summed E-state index contributed by atoms with van der Waals surface area (Å²) in [6.45, 7) is 6.45. The van der Waals surface area contributed by atoms with Crippen molar-refractivity contribution < 1.29 is 14.6 Å². The largest absolute Gasteiger partial charge is 0.479 e. The van der Waals surface area contributed by atoms with Crippen LogP contribution in [0.1, 0.15) is 39.2 Å². The van der Waals surface area contributed by atoms with Crippen molar-refractivity contribution in [2.45, 2.75) is 52.3 Å². The van der Waals surface area contributed by atoms with E-state index in [0.717, 1.165) is 5.56 Å². The van der Waals surface area contributed by atoms with Crippen molar-refractivity contribution in [3.8, 4) is 5.75 Å². The summed E-state index contributed by atoms with van der Waals surface area (Å²) in [4.78, 5) is 11.2. The molecule has 0 fully saturated rings. The van der Waals surface area contributed by atoms with Crippen molar-refractivity contribution in [3.05, 3.63) is 27.7 Å². The Hall–Kier alpha value is -0.970. The average Bonchev–Trinajstić information content (AvgIpc) is 2.38. The van der Waals surface area contributed by atoms with E-state index >= 15 is 0 Å². The molecule has 0 aliphatic heterocycles. The number of rotatable bonds is 8. The lowest BCUT2D eigenvalue weighted by molar-refractivity contribution is -0.145. The minimum atomic E-state index is -0.995. The fourth-order valence-electron chi connectivity index (χ4n) is 1.83. The smallest absolute Gasteiger partial charge is 0.344 e. The maximum absolute atomic E-state index is 11.2. The second-order valence-electron chi connectivity index (χ2n) is 5.14. The first-order valence-corrected chi connectivity index (χ1v) is 7.71. The molecule has 2 N–H and O–H groups in total. The van der Waals surface area contributed by atoms with Crippen LogP contribution in [0, 0.1) is 0 Å². The summed E-state index contributed by atoms with van der Waals surface area (Å²) in [6.07, 6.45) is 0.221. The molecule has 1 aromatic rings. The predicted octanol–water partition coefficient (Wildman–Crippen LogP) is 4.12. The zero-order valence-corrected chi connectivity index (χ0v) is 14.0. The van der Waals surface area contributed by atoms with Gasteiger partial charge in [-0.3, -0.25) is 0 Å². The van der Waals surface area contributed by atoms with E-state index in [1.54, 1.807) is 12.1 Å². The van der Waals surface area contributed by atoms with E-state index in [2.05, 4.69) is 5.32 Å². The molecule has 4 nitrogen and oxygen atoms in total. The molecule has 21 heavy (non-hydrogen) atoms. The quantitative estimate of drug-likeness (QED) is 0.751. The fourth-order valence-corrected chi connectivity index (χ4v) is 2.41. The van der Waals surface area contributed by atoms with Gasteiger partial charge in [-0.2, -0.15) is 0 Å². The molecule has 0 radical (unpaired) electrons. The summed E-state index contributed by atoms with van der Waals surface area (Å²) in [6, 6.07) is 3.58. The lowest BCUT2D eigenvalue weighted by atomic mass is 10.1. The molecule has 0 amide bonds. The van der Waals surface area contributed by atoms with E-state index in [-0.39, 0.29) is 6.04 Å². The van der Waals surface area contributed by atoms with Crippen molar-refractivity contribution in [2.24, 2.45) is 0 Å². The SMILES string of the molecule is CCCC(Oc1c(Cl)cc(Cl)cc1CNC(C)C)C(=O)O. The molecule has 0 aliphatic carbocycles. The number of hydrogen-bond donors (Lipinski definition) is 2. The first kappa shape index (κ1) is 18.1. The molecule has 0 spiro atoms. The Labute approximate surface area is 135 Å². The van der Waals surface area contributed by atoms with Gasteiger partial charge in [0.1, 0.15) is 5.75 Å². The van der Waals surface area contributed by atoms with Crippen LogP contribution >= 0.6 is 23.2 Å². The maximum atomic E-state index is 11.2. The lowest BCUT2D eigenvalue weighted by Gasteiger charge is -2.19. The lowest BCUT2D eigenvalue weighted by Crippen LogP contribution is -2.28. The molecule has 0 aromatic heterocycles. The number of aliphatic carboxylic acids is 1. The maximum Gasteiger partial charge on any atom is 0.344 e. The standard InChI is InChI=1S/C15H21Cl2NO3/c1-4-5-13(15(19)20)21-14-10(8-18-9(2)3)6-11(16)7-12(14)17/h6-7,9,13,18H,4-5,8H2,1-3H3,(H,19,20). The van der Waals surface area contributed by atoms with Crippen LogP contribution in [0.3, 0.4) is 0 Å². The monoisotopic (exact) mass is 333 g/mol. The Balaban J connectivity index is 3.04. The molecule has 0 aliphatic rings. The van der Waals surface area contributed by atoms with E-state index in [9.17, 15) is 9.90 Å². The number of hydrogen-bond acceptors (Lipinski definition) is 3. The van der Waals surface area contributed by atoms with Gasteiger partial charge < -0.3 is 15.2 Å². The molecule has 0 bridgehead atoms. The third-order valence-corrected chi connectivity index (χ3v) is 3.37. The van der Waals surface area contributed by atoms with Gasteiger partial charge in [0, 0.05) is 23.2 Å². The minimum absolute atomic E-state index is 0.279. The molecule has 0 saturated heterocycles. The van der Waals surface area contributed by atoms with Crippen LogP contribution in [0.5, 0.6) is 5.75 Å². The van der Waals surface area contributed by atoms with E-state index in [4.69, 9.17) is 27.9 Å². The molecule has 1 rings (SSSR count). The van der Waals surface area contributed by atoms with Crippen molar-refractivity contribution in [1.82, 2.24) is 5.32 Å². The van der Waals surface area contributed by atoms with Gasteiger partial charge in [0.15, 0.2) is 6.10 Å². The molecular formula is C15H21Cl2NO3. The molecule has 6 heteroatoms. The van der Waals surface area contributed by atoms with Gasteiger partial charge in [-0.25, -0.2) is 4.79 Å². The molecule has 118 valence electrons. The van der Waals surface area contributed by atoms with Crippen molar-refractivity contribution in [3.63, 3.8) is 0 Å². The summed E-state index contributed by atoms with van der Waals surface area (Å²) in [7, 11) is 0. The minimum Gasteiger partial charge on any atom is -0.479 e. The van der Waals surface area contributed by atoms with Gasteiger partial charge in [0.2, 0.25) is 0 Å². The number of carboxylic acids is 1. The highest BCUT2D eigenvalue weighted by Gasteiger charge is 2.22. The second kappa shape index (κ2) is 8.47. The number of ether oxygens (including phenoxy) is 1. The third kappa shape index (κ3) is 5.73. The summed E-state index contributed by atoms with van der Waals surface area (Å²) in [5.41, 5.74) is 0.753. The number of nitrogens with one attached hydrogen (secondary N) is 1. The van der Waals surface area contributed by atoms with Gasteiger partial charge in [-0.1, -0.05) is 50.4 Å².